The van der Waals surface area contributed by atoms with Crippen LogP contribution in [0.2, 0.25) is 0 Å². The van der Waals surface area contributed by atoms with Gasteiger partial charge in [0.05, 0.1) is 18.4 Å². The van der Waals surface area contributed by atoms with Gasteiger partial charge < -0.3 is 10.1 Å². The molecular weight excluding hydrogens is 386 g/mol. The summed E-state index contributed by atoms with van der Waals surface area (Å²) in [6.45, 7) is 3.93. The van der Waals surface area contributed by atoms with Crippen LogP contribution in [0, 0.1) is 17.8 Å². The number of rotatable bonds is 8. The zero-order chi connectivity index (χ0) is 21.7. The van der Waals surface area contributed by atoms with Gasteiger partial charge in [-0.1, -0.05) is 26.0 Å². The third-order valence-corrected chi connectivity index (χ3v) is 5.39. The largest absolute Gasteiger partial charge is 0.462 e. The summed E-state index contributed by atoms with van der Waals surface area (Å²) in [5.74, 6) is -2.17. The summed E-state index contributed by atoms with van der Waals surface area (Å²) in [6, 6.07) is 2.23. The Bertz CT molecular complexity index is 810. The zero-order valence-electron chi connectivity index (χ0n) is 17.2. The fourth-order valence-corrected chi connectivity index (χ4v) is 3.90. The molecule has 0 radical (unpaired) electrons. The third kappa shape index (κ3) is 4.75. The second kappa shape index (κ2) is 9.65. The number of aromatic nitrogens is 1. The minimum atomic E-state index is -0.938. The number of hydrogen-bond acceptors (Lipinski definition) is 6. The van der Waals surface area contributed by atoms with Crippen LogP contribution in [0.5, 0.6) is 0 Å². The Labute approximate surface area is 175 Å². The number of carbonyl (C=O) groups excluding carboxylic acids is 4. The average Bonchev–Trinajstić information content (AvgIpc) is 3.00. The van der Waals surface area contributed by atoms with Crippen molar-refractivity contribution in [2.75, 3.05) is 13.2 Å². The standard InChI is InChI=1S/C22H27N3O5/c1-14(2)13-18(25-20(27)16-5-3-4-6-17(16)21(25)28)22(29)30-12-11-24-19(26)15-7-9-23-10-8-15/h3-4,7-10,14,16-18H,5-6,11-13H2,1-2H3,(H,24,26). The van der Waals surface area contributed by atoms with Crippen molar-refractivity contribution in [2.24, 2.45) is 17.8 Å². The van der Waals surface area contributed by atoms with E-state index < -0.39 is 12.0 Å². The van der Waals surface area contributed by atoms with E-state index in [9.17, 15) is 19.2 Å². The van der Waals surface area contributed by atoms with E-state index in [-0.39, 0.29) is 48.6 Å². The van der Waals surface area contributed by atoms with E-state index in [2.05, 4.69) is 10.3 Å². The molecule has 8 nitrogen and oxygen atoms in total. The highest BCUT2D eigenvalue weighted by Crippen LogP contribution is 2.37. The van der Waals surface area contributed by atoms with Crippen molar-refractivity contribution in [2.45, 2.75) is 39.2 Å². The van der Waals surface area contributed by atoms with Crippen molar-refractivity contribution in [3.63, 3.8) is 0 Å². The number of pyridine rings is 1. The van der Waals surface area contributed by atoms with Crippen LogP contribution in [0.25, 0.3) is 0 Å². The number of ether oxygens (including phenoxy) is 1. The first kappa shape index (κ1) is 21.7. The topological polar surface area (TPSA) is 106 Å². The van der Waals surface area contributed by atoms with Crippen LogP contribution in [0.3, 0.4) is 0 Å². The molecule has 0 spiro atoms. The van der Waals surface area contributed by atoms with Crippen molar-refractivity contribution < 1.29 is 23.9 Å². The van der Waals surface area contributed by atoms with Crippen LogP contribution < -0.4 is 5.32 Å². The van der Waals surface area contributed by atoms with Gasteiger partial charge in [0.2, 0.25) is 11.8 Å². The van der Waals surface area contributed by atoms with E-state index >= 15 is 0 Å². The molecule has 160 valence electrons. The molecular formula is C22H27N3O5. The Morgan fingerprint density at radius 2 is 1.73 bits per heavy atom. The Balaban J connectivity index is 1.58. The van der Waals surface area contributed by atoms with Crippen molar-refractivity contribution in [1.29, 1.82) is 0 Å². The Morgan fingerprint density at radius 1 is 1.13 bits per heavy atom. The number of amides is 3. The fourth-order valence-electron chi connectivity index (χ4n) is 3.90. The molecule has 2 aliphatic rings. The van der Waals surface area contributed by atoms with Gasteiger partial charge in [-0.2, -0.15) is 0 Å². The molecule has 0 aromatic carbocycles. The van der Waals surface area contributed by atoms with Gasteiger partial charge in [0.1, 0.15) is 12.6 Å². The molecule has 30 heavy (non-hydrogen) atoms. The van der Waals surface area contributed by atoms with E-state index in [0.717, 1.165) is 4.90 Å². The monoisotopic (exact) mass is 413 g/mol. The number of carbonyl (C=O) groups is 4. The molecule has 8 heteroatoms. The quantitative estimate of drug-likeness (QED) is 0.301. The van der Waals surface area contributed by atoms with Crippen LogP contribution in [-0.4, -0.2) is 52.8 Å². The van der Waals surface area contributed by atoms with E-state index in [1.165, 1.54) is 12.4 Å². The Kier molecular flexibility index (Phi) is 6.97. The predicted molar refractivity (Wildman–Crippen MR) is 108 cm³/mol. The van der Waals surface area contributed by atoms with Crippen LogP contribution in [-0.2, 0) is 19.1 Å². The van der Waals surface area contributed by atoms with Crippen LogP contribution >= 0.6 is 0 Å². The van der Waals surface area contributed by atoms with E-state index in [1.54, 1.807) is 12.1 Å². The van der Waals surface area contributed by atoms with Gasteiger partial charge in [-0.15, -0.1) is 0 Å². The summed E-state index contributed by atoms with van der Waals surface area (Å²) in [4.78, 5) is 55.5. The molecule has 3 atom stereocenters. The van der Waals surface area contributed by atoms with E-state index in [1.807, 2.05) is 26.0 Å². The van der Waals surface area contributed by atoms with Gasteiger partial charge in [0, 0.05) is 18.0 Å². The van der Waals surface area contributed by atoms with E-state index in [4.69, 9.17) is 4.74 Å². The predicted octanol–water partition coefficient (Wildman–Crippen LogP) is 1.72. The number of hydrogen-bond donors (Lipinski definition) is 1. The molecule has 1 aliphatic carbocycles. The first-order valence-electron chi connectivity index (χ1n) is 10.3. The SMILES string of the molecule is CC(C)CC(C(=O)OCCNC(=O)c1ccncc1)N1C(=O)C2CC=CCC2C1=O. The number of nitrogens with one attached hydrogen (secondary N) is 1. The maximum atomic E-state index is 12.9. The maximum Gasteiger partial charge on any atom is 0.329 e. The van der Waals surface area contributed by atoms with Gasteiger partial charge in [-0.25, -0.2) is 4.79 Å². The summed E-state index contributed by atoms with van der Waals surface area (Å²) >= 11 is 0. The molecule has 1 N–H and O–H groups in total. The lowest BCUT2D eigenvalue weighted by Crippen LogP contribution is -2.47. The lowest BCUT2D eigenvalue weighted by molar-refractivity contribution is -0.159. The van der Waals surface area contributed by atoms with Crippen LogP contribution in [0.15, 0.2) is 36.7 Å². The van der Waals surface area contributed by atoms with Crippen molar-refractivity contribution in [3.8, 4) is 0 Å². The number of allylic oxidation sites excluding steroid dienone is 2. The molecule has 1 saturated heterocycles. The molecule has 2 heterocycles. The Hall–Kier alpha value is -3.03. The van der Waals surface area contributed by atoms with Crippen molar-refractivity contribution in [1.82, 2.24) is 15.2 Å². The number of imide groups is 1. The molecule has 1 aromatic rings. The number of nitrogens with zero attached hydrogens (tertiary/aromatic N) is 2. The zero-order valence-corrected chi connectivity index (χ0v) is 17.2. The number of fused-ring (bicyclic) bond motifs is 1. The second-order valence-electron chi connectivity index (χ2n) is 8.01. The number of likely N-dealkylation sites (tertiary alicyclic amines) is 1. The smallest absolute Gasteiger partial charge is 0.329 e. The molecule has 1 fully saturated rings. The summed E-state index contributed by atoms with van der Waals surface area (Å²) < 4.78 is 5.33. The van der Waals surface area contributed by atoms with Gasteiger partial charge in [-0.3, -0.25) is 24.3 Å². The summed E-state index contributed by atoms with van der Waals surface area (Å²) in [5.41, 5.74) is 0.457. The molecule has 3 rings (SSSR count). The average molecular weight is 413 g/mol. The van der Waals surface area contributed by atoms with Crippen molar-refractivity contribution >= 4 is 23.7 Å². The van der Waals surface area contributed by atoms with E-state index in [0.29, 0.717) is 24.8 Å². The molecule has 1 aliphatic heterocycles. The highest BCUT2D eigenvalue weighted by atomic mass is 16.5. The second-order valence-corrected chi connectivity index (χ2v) is 8.01. The third-order valence-electron chi connectivity index (χ3n) is 5.39. The minimum absolute atomic E-state index is 0.0467. The summed E-state index contributed by atoms with van der Waals surface area (Å²) in [6.07, 6.45) is 8.25. The molecule has 0 saturated carbocycles. The highest BCUT2D eigenvalue weighted by molar-refractivity contribution is 6.08. The lowest BCUT2D eigenvalue weighted by atomic mass is 9.85. The van der Waals surface area contributed by atoms with Gasteiger partial charge >= 0.3 is 5.97 Å². The number of esters is 1. The summed E-state index contributed by atoms with van der Waals surface area (Å²) in [5, 5.41) is 2.66. The molecule has 3 unspecified atom stereocenters. The van der Waals surface area contributed by atoms with Gasteiger partial charge in [0.15, 0.2) is 0 Å². The molecule has 3 amide bonds. The minimum Gasteiger partial charge on any atom is -0.462 e. The molecule has 1 aromatic heterocycles. The van der Waals surface area contributed by atoms with Gasteiger partial charge in [-0.05, 0) is 37.3 Å². The maximum absolute atomic E-state index is 12.9. The summed E-state index contributed by atoms with van der Waals surface area (Å²) in [7, 11) is 0. The Morgan fingerprint density at radius 3 is 2.30 bits per heavy atom. The van der Waals surface area contributed by atoms with Crippen LogP contribution in [0.1, 0.15) is 43.5 Å². The van der Waals surface area contributed by atoms with Crippen molar-refractivity contribution in [3.05, 3.63) is 42.2 Å². The normalized spacial score (nSPS) is 21.5. The van der Waals surface area contributed by atoms with Crippen LogP contribution in [0.4, 0.5) is 0 Å². The lowest BCUT2D eigenvalue weighted by Gasteiger charge is -2.26. The molecule has 0 bridgehead atoms. The first-order valence-corrected chi connectivity index (χ1v) is 10.3. The van der Waals surface area contributed by atoms with Gasteiger partial charge in [0.25, 0.3) is 5.91 Å². The first-order chi connectivity index (χ1) is 14.4. The fraction of sp³-hybridized carbons (Fsp3) is 0.500. The highest BCUT2D eigenvalue weighted by Gasteiger charge is 2.51.